The fraction of sp³-hybridized carbons (Fsp3) is 0.333. The minimum absolute atomic E-state index is 0.00624. The molecule has 0 bridgehead atoms. The van der Waals surface area contributed by atoms with Gasteiger partial charge in [-0.2, -0.15) is 8.78 Å². The molecule has 1 amide bonds. The number of halogens is 4. The molecule has 2 N–H and O–H groups in total. The molecule has 0 radical (unpaired) electrons. The third kappa shape index (κ3) is 3.94. The monoisotopic (exact) mass is 293 g/mol. The van der Waals surface area contributed by atoms with E-state index >= 15 is 0 Å². The van der Waals surface area contributed by atoms with Crippen molar-refractivity contribution in [2.75, 3.05) is 6.54 Å². The molecule has 0 aliphatic rings. The highest BCUT2D eigenvalue weighted by Crippen LogP contribution is 2.22. The Hall–Kier alpha value is -2.12. The van der Waals surface area contributed by atoms with Gasteiger partial charge in [-0.15, -0.1) is 0 Å². The van der Waals surface area contributed by atoms with Crippen molar-refractivity contribution in [3.8, 4) is 0 Å². The van der Waals surface area contributed by atoms with Crippen LogP contribution in [0.2, 0.25) is 0 Å². The summed E-state index contributed by atoms with van der Waals surface area (Å²) < 4.78 is 48.9. The number of nitrogens with one attached hydrogen (secondary N) is 1. The predicted molar refractivity (Wildman–Crippen MR) is 61.1 cm³/mol. The van der Waals surface area contributed by atoms with Crippen LogP contribution in [0.4, 0.5) is 17.6 Å². The fourth-order valence-corrected chi connectivity index (χ4v) is 1.40. The average Bonchev–Trinajstić information content (AvgIpc) is 2.38. The summed E-state index contributed by atoms with van der Waals surface area (Å²) in [5, 5.41) is 10.4. The topological polar surface area (TPSA) is 66.4 Å². The van der Waals surface area contributed by atoms with Crippen molar-refractivity contribution < 1.29 is 32.3 Å². The van der Waals surface area contributed by atoms with Gasteiger partial charge in [0.25, 0.3) is 5.91 Å². The van der Waals surface area contributed by atoms with Crippen LogP contribution in [0.3, 0.4) is 0 Å². The normalized spacial score (nSPS) is 11.4. The van der Waals surface area contributed by atoms with Crippen molar-refractivity contribution >= 4 is 11.9 Å². The molecule has 0 fully saturated rings. The number of hydrogen-bond donors (Lipinski definition) is 2. The van der Waals surface area contributed by atoms with Gasteiger partial charge < -0.3 is 10.4 Å². The Balaban J connectivity index is 2.55. The first-order valence-corrected chi connectivity index (χ1v) is 5.51. The van der Waals surface area contributed by atoms with Crippen LogP contribution in [0, 0.1) is 0 Å². The van der Waals surface area contributed by atoms with E-state index in [-0.39, 0.29) is 18.5 Å². The molecule has 0 aromatic heterocycles. The summed E-state index contributed by atoms with van der Waals surface area (Å²) >= 11 is 0. The maximum Gasteiger partial charge on any atom is 0.383 e. The minimum Gasteiger partial charge on any atom is -0.478 e. The summed E-state index contributed by atoms with van der Waals surface area (Å²) in [6, 6.07) is 5.63. The van der Waals surface area contributed by atoms with E-state index in [1.54, 1.807) is 5.32 Å². The standard InChI is InChI=1S/C12H11F4NO3/c13-10(14)12(15,16)11(20)17-5-4-7-2-1-3-8(6-7)9(18)19/h1-3,6,10H,4-5H2,(H,17,20)(H,18,19). The zero-order chi connectivity index (χ0) is 15.3. The molecular weight excluding hydrogens is 282 g/mol. The lowest BCUT2D eigenvalue weighted by atomic mass is 10.1. The number of carbonyl (C=O) groups is 2. The van der Waals surface area contributed by atoms with Crippen LogP contribution in [0.5, 0.6) is 0 Å². The van der Waals surface area contributed by atoms with E-state index in [1.165, 1.54) is 24.3 Å². The number of hydrogen-bond acceptors (Lipinski definition) is 2. The van der Waals surface area contributed by atoms with E-state index in [4.69, 9.17) is 5.11 Å². The molecule has 110 valence electrons. The summed E-state index contributed by atoms with van der Waals surface area (Å²) in [5.41, 5.74) is 0.484. The highest BCUT2D eigenvalue weighted by molar-refractivity contribution is 5.87. The number of rotatable bonds is 6. The lowest BCUT2D eigenvalue weighted by molar-refractivity contribution is -0.169. The lowest BCUT2D eigenvalue weighted by Gasteiger charge is -2.14. The Morgan fingerprint density at radius 3 is 2.50 bits per heavy atom. The molecule has 0 saturated carbocycles. The minimum atomic E-state index is -4.73. The van der Waals surface area contributed by atoms with E-state index in [0.29, 0.717) is 5.56 Å². The van der Waals surface area contributed by atoms with Crippen molar-refractivity contribution in [3.05, 3.63) is 35.4 Å². The third-order valence-electron chi connectivity index (χ3n) is 2.45. The maximum absolute atomic E-state index is 12.6. The zero-order valence-corrected chi connectivity index (χ0v) is 10.1. The molecule has 1 aromatic rings. The Kier molecular flexibility index (Phi) is 5.06. The third-order valence-corrected chi connectivity index (χ3v) is 2.45. The van der Waals surface area contributed by atoms with Crippen molar-refractivity contribution in [3.63, 3.8) is 0 Å². The average molecular weight is 293 g/mol. The Bertz CT molecular complexity index is 505. The van der Waals surface area contributed by atoms with Crippen LogP contribution in [-0.4, -0.2) is 35.9 Å². The van der Waals surface area contributed by atoms with Gasteiger partial charge >= 0.3 is 18.3 Å². The van der Waals surface area contributed by atoms with Gasteiger partial charge in [0.05, 0.1) is 5.56 Å². The SMILES string of the molecule is O=C(O)c1cccc(CCNC(=O)C(F)(F)C(F)F)c1. The summed E-state index contributed by atoms with van der Waals surface area (Å²) in [6.45, 7) is -0.301. The number of carbonyl (C=O) groups excluding carboxylic acids is 1. The van der Waals surface area contributed by atoms with E-state index in [0.717, 1.165) is 0 Å². The Morgan fingerprint density at radius 2 is 1.95 bits per heavy atom. The van der Waals surface area contributed by atoms with Crippen LogP contribution < -0.4 is 5.32 Å². The van der Waals surface area contributed by atoms with Crippen molar-refractivity contribution in [1.82, 2.24) is 5.32 Å². The summed E-state index contributed by atoms with van der Waals surface area (Å²) in [7, 11) is 0. The second-order valence-corrected chi connectivity index (χ2v) is 3.94. The second kappa shape index (κ2) is 6.36. The molecular formula is C12H11F4NO3. The molecule has 0 atom stereocenters. The molecule has 0 spiro atoms. The van der Waals surface area contributed by atoms with Crippen LogP contribution in [0.1, 0.15) is 15.9 Å². The van der Waals surface area contributed by atoms with Gasteiger partial charge in [-0.25, -0.2) is 13.6 Å². The van der Waals surface area contributed by atoms with Gasteiger partial charge in [-0.3, -0.25) is 4.79 Å². The first-order chi connectivity index (χ1) is 9.25. The van der Waals surface area contributed by atoms with E-state index in [2.05, 4.69) is 0 Å². The van der Waals surface area contributed by atoms with Crippen molar-refractivity contribution in [1.29, 1.82) is 0 Å². The smallest absolute Gasteiger partial charge is 0.383 e. The summed E-state index contributed by atoms with van der Waals surface area (Å²) in [5.74, 6) is -7.94. The molecule has 4 nitrogen and oxygen atoms in total. The van der Waals surface area contributed by atoms with E-state index < -0.39 is 24.2 Å². The van der Waals surface area contributed by atoms with Gasteiger partial charge in [0.2, 0.25) is 0 Å². The highest BCUT2D eigenvalue weighted by Gasteiger charge is 2.48. The maximum atomic E-state index is 12.6. The Labute approximate surface area is 111 Å². The van der Waals surface area contributed by atoms with Gasteiger partial charge in [-0.1, -0.05) is 12.1 Å². The summed E-state index contributed by atoms with van der Waals surface area (Å²) in [4.78, 5) is 21.5. The number of aromatic carboxylic acids is 1. The lowest BCUT2D eigenvalue weighted by Crippen LogP contribution is -2.45. The zero-order valence-electron chi connectivity index (χ0n) is 10.1. The van der Waals surface area contributed by atoms with Crippen LogP contribution in [0.25, 0.3) is 0 Å². The van der Waals surface area contributed by atoms with Crippen molar-refractivity contribution in [2.45, 2.75) is 18.8 Å². The van der Waals surface area contributed by atoms with Gasteiger partial charge in [0.15, 0.2) is 0 Å². The summed E-state index contributed by atoms with van der Waals surface area (Å²) in [6.07, 6.45) is -4.02. The molecule has 20 heavy (non-hydrogen) atoms. The number of carboxylic acid groups (broad SMARTS) is 1. The number of benzene rings is 1. The van der Waals surface area contributed by atoms with Gasteiger partial charge in [0.1, 0.15) is 0 Å². The molecule has 8 heteroatoms. The molecule has 1 aromatic carbocycles. The number of carboxylic acids is 1. The van der Waals surface area contributed by atoms with Gasteiger partial charge in [-0.05, 0) is 24.1 Å². The number of alkyl halides is 4. The van der Waals surface area contributed by atoms with E-state index in [9.17, 15) is 27.2 Å². The molecule has 0 aliphatic heterocycles. The largest absolute Gasteiger partial charge is 0.478 e. The van der Waals surface area contributed by atoms with Gasteiger partial charge in [0, 0.05) is 6.54 Å². The number of amides is 1. The van der Waals surface area contributed by atoms with Crippen molar-refractivity contribution in [2.24, 2.45) is 0 Å². The van der Waals surface area contributed by atoms with E-state index in [1.807, 2.05) is 0 Å². The quantitative estimate of drug-likeness (QED) is 0.788. The molecule has 0 unspecified atom stereocenters. The molecule has 0 aliphatic carbocycles. The second-order valence-electron chi connectivity index (χ2n) is 3.94. The Morgan fingerprint density at radius 1 is 1.30 bits per heavy atom. The van der Waals surface area contributed by atoms with Crippen LogP contribution in [0.15, 0.2) is 24.3 Å². The molecule has 1 rings (SSSR count). The molecule has 0 saturated heterocycles. The first-order valence-electron chi connectivity index (χ1n) is 5.51. The predicted octanol–water partition coefficient (Wildman–Crippen LogP) is 1.94. The highest BCUT2D eigenvalue weighted by atomic mass is 19.3. The van der Waals surface area contributed by atoms with Crippen LogP contribution in [-0.2, 0) is 11.2 Å². The molecule has 0 heterocycles. The first kappa shape index (κ1) is 15.9. The fourth-order valence-electron chi connectivity index (χ4n) is 1.40. The van der Waals surface area contributed by atoms with Crippen LogP contribution >= 0.6 is 0 Å².